The fourth-order valence-electron chi connectivity index (χ4n) is 2.89. The van der Waals surface area contributed by atoms with Crippen LogP contribution in [-0.2, 0) is 9.53 Å². The van der Waals surface area contributed by atoms with Crippen molar-refractivity contribution < 1.29 is 18.7 Å². The Kier molecular flexibility index (Phi) is 4.57. The van der Waals surface area contributed by atoms with Gasteiger partial charge in [0.1, 0.15) is 17.4 Å². The molecule has 6 heteroatoms. The Hall–Kier alpha value is -3.07. The highest BCUT2D eigenvalue weighted by Gasteiger charge is 2.28. The molecule has 0 unspecified atom stereocenters. The number of carbonyl (C=O) groups excluding carboxylic acids is 2. The van der Waals surface area contributed by atoms with Gasteiger partial charge in [-0.05, 0) is 44.9 Å². The molecule has 2 aromatic heterocycles. The molecule has 6 nitrogen and oxygen atoms in total. The van der Waals surface area contributed by atoms with Gasteiger partial charge in [0.2, 0.25) is 5.78 Å². The number of ether oxygens (including phenoxy) is 1. The van der Waals surface area contributed by atoms with Crippen molar-refractivity contribution in [3.05, 3.63) is 52.7 Å². The molecule has 0 aromatic carbocycles. The van der Waals surface area contributed by atoms with Crippen molar-refractivity contribution >= 4 is 17.8 Å². The monoisotopic (exact) mass is 338 g/mol. The minimum Gasteiger partial charge on any atom is -0.465 e. The molecule has 1 aliphatic rings. The first-order valence-electron chi connectivity index (χ1n) is 8.05. The maximum Gasteiger partial charge on any atom is 0.349 e. The van der Waals surface area contributed by atoms with Crippen molar-refractivity contribution in [1.29, 1.82) is 5.26 Å². The third kappa shape index (κ3) is 3.56. The van der Waals surface area contributed by atoms with Crippen molar-refractivity contribution in [1.82, 2.24) is 4.57 Å². The van der Waals surface area contributed by atoms with Gasteiger partial charge in [-0.15, -0.1) is 0 Å². The van der Waals surface area contributed by atoms with Crippen LogP contribution in [0, 0.1) is 25.2 Å². The summed E-state index contributed by atoms with van der Waals surface area (Å²) in [5.41, 5.74) is 2.27. The Balaban J connectivity index is 1.67. The van der Waals surface area contributed by atoms with Crippen molar-refractivity contribution in [2.45, 2.75) is 32.7 Å². The van der Waals surface area contributed by atoms with Gasteiger partial charge in [0.25, 0.3) is 0 Å². The fraction of sp³-hybridized carbons (Fsp3) is 0.316. The van der Waals surface area contributed by atoms with Gasteiger partial charge in [0, 0.05) is 29.1 Å². The first kappa shape index (κ1) is 16.8. The molecule has 0 amide bonds. The summed E-state index contributed by atoms with van der Waals surface area (Å²) in [6.07, 6.45) is 4.97. The van der Waals surface area contributed by atoms with E-state index in [1.807, 2.05) is 19.9 Å². The Labute approximate surface area is 145 Å². The van der Waals surface area contributed by atoms with E-state index in [4.69, 9.17) is 14.4 Å². The number of aromatic nitrogens is 1. The van der Waals surface area contributed by atoms with Crippen molar-refractivity contribution in [2.24, 2.45) is 0 Å². The summed E-state index contributed by atoms with van der Waals surface area (Å²) in [5.74, 6) is -0.750. The maximum absolute atomic E-state index is 12.4. The number of ketones is 1. The Morgan fingerprint density at radius 3 is 2.80 bits per heavy atom. The lowest BCUT2D eigenvalue weighted by Crippen LogP contribution is -2.15. The molecule has 0 N–H and O–H groups in total. The zero-order valence-corrected chi connectivity index (χ0v) is 14.1. The molecule has 0 spiro atoms. The Bertz CT molecular complexity index is 877. The fourth-order valence-corrected chi connectivity index (χ4v) is 2.89. The number of esters is 1. The number of aryl methyl sites for hydroxylation is 1. The minimum absolute atomic E-state index is 0.216. The molecule has 25 heavy (non-hydrogen) atoms. The molecule has 0 bridgehead atoms. The van der Waals surface area contributed by atoms with Crippen LogP contribution in [0.4, 0.5) is 0 Å². The highest BCUT2D eigenvalue weighted by Crippen LogP contribution is 2.38. The van der Waals surface area contributed by atoms with Crippen LogP contribution in [0.2, 0.25) is 0 Å². The van der Waals surface area contributed by atoms with Crippen molar-refractivity contribution in [3.8, 4) is 6.07 Å². The second kappa shape index (κ2) is 6.81. The van der Waals surface area contributed by atoms with E-state index in [0.29, 0.717) is 17.4 Å². The third-order valence-electron chi connectivity index (χ3n) is 4.20. The van der Waals surface area contributed by atoms with Crippen LogP contribution < -0.4 is 0 Å². The zero-order valence-electron chi connectivity index (χ0n) is 14.1. The number of rotatable bonds is 6. The number of carbonyl (C=O) groups is 2. The smallest absolute Gasteiger partial charge is 0.349 e. The van der Waals surface area contributed by atoms with Crippen LogP contribution in [0.15, 0.2) is 34.5 Å². The summed E-state index contributed by atoms with van der Waals surface area (Å²) in [6, 6.07) is 7.32. The van der Waals surface area contributed by atoms with Crippen LogP contribution in [0.5, 0.6) is 0 Å². The van der Waals surface area contributed by atoms with Crippen LogP contribution >= 0.6 is 0 Å². The van der Waals surface area contributed by atoms with Crippen LogP contribution in [0.1, 0.15) is 46.4 Å². The van der Waals surface area contributed by atoms with E-state index in [1.165, 1.54) is 12.3 Å². The minimum atomic E-state index is -0.844. The number of Topliss-reactive ketones (excluding diaryl/α,β-unsaturated/α-hetero) is 1. The second-order valence-corrected chi connectivity index (χ2v) is 6.07. The first-order valence-corrected chi connectivity index (χ1v) is 8.05. The third-order valence-corrected chi connectivity index (χ3v) is 4.20. The predicted octanol–water partition coefficient (Wildman–Crippen LogP) is 3.37. The van der Waals surface area contributed by atoms with Crippen LogP contribution in [-0.4, -0.2) is 22.9 Å². The maximum atomic E-state index is 12.4. The van der Waals surface area contributed by atoms with Crippen molar-refractivity contribution in [2.75, 3.05) is 6.61 Å². The number of nitriles is 1. The summed E-state index contributed by atoms with van der Waals surface area (Å²) in [7, 11) is 0. The molecule has 2 heterocycles. The molecule has 128 valence electrons. The van der Waals surface area contributed by atoms with E-state index in [-0.39, 0.29) is 11.4 Å². The van der Waals surface area contributed by atoms with Crippen molar-refractivity contribution in [3.63, 3.8) is 0 Å². The van der Waals surface area contributed by atoms with Gasteiger partial charge in [-0.3, -0.25) is 4.79 Å². The molecule has 0 aliphatic heterocycles. The molecule has 1 fully saturated rings. The molecule has 1 aliphatic carbocycles. The summed E-state index contributed by atoms with van der Waals surface area (Å²) < 4.78 is 12.2. The van der Waals surface area contributed by atoms with E-state index < -0.39 is 12.6 Å². The number of nitrogens with zero attached hydrogens (tertiary/aromatic N) is 2. The normalized spacial score (nSPS) is 14.2. The summed E-state index contributed by atoms with van der Waals surface area (Å²) in [6.45, 7) is 3.47. The number of hydrogen-bond donors (Lipinski definition) is 0. The Morgan fingerprint density at radius 1 is 1.44 bits per heavy atom. The van der Waals surface area contributed by atoms with Gasteiger partial charge < -0.3 is 13.7 Å². The van der Waals surface area contributed by atoms with Gasteiger partial charge in [0.05, 0.1) is 6.26 Å². The summed E-state index contributed by atoms with van der Waals surface area (Å²) in [5, 5.41) is 9.08. The van der Waals surface area contributed by atoms with Gasteiger partial charge in [-0.25, -0.2) is 4.79 Å². The summed E-state index contributed by atoms with van der Waals surface area (Å²) in [4.78, 5) is 24.4. The predicted molar refractivity (Wildman–Crippen MR) is 89.8 cm³/mol. The van der Waals surface area contributed by atoms with Gasteiger partial charge in [-0.1, -0.05) is 0 Å². The van der Waals surface area contributed by atoms with Gasteiger partial charge in [0.15, 0.2) is 6.61 Å². The molecule has 0 atom stereocenters. The van der Waals surface area contributed by atoms with E-state index >= 15 is 0 Å². The topological polar surface area (TPSA) is 85.2 Å². The lowest BCUT2D eigenvalue weighted by atomic mass is 10.1. The van der Waals surface area contributed by atoms with E-state index in [2.05, 4.69) is 4.57 Å². The first-order chi connectivity index (χ1) is 12.0. The number of hydrogen-bond acceptors (Lipinski definition) is 5. The molecular weight excluding hydrogens is 320 g/mol. The average Bonchev–Trinajstić information content (AvgIpc) is 3.19. The number of furan rings is 1. The molecule has 3 rings (SSSR count). The SMILES string of the molecule is Cc1cc(C(=O)COC(=O)/C(C#N)=C/c2ccco2)c(C)n1C1CC1. The quantitative estimate of drug-likeness (QED) is 0.349. The van der Waals surface area contributed by atoms with Gasteiger partial charge >= 0.3 is 5.97 Å². The molecular formula is C19H18N2O4. The highest BCUT2D eigenvalue weighted by molar-refractivity contribution is 6.02. The molecule has 1 saturated carbocycles. The van der Waals surface area contributed by atoms with Gasteiger partial charge in [-0.2, -0.15) is 5.26 Å². The van der Waals surface area contributed by atoms with Crippen LogP contribution in [0.25, 0.3) is 6.08 Å². The molecule has 2 aromatic rings. The standard InChI is InChI=1S/C19H18N2O4/c1-12-8-17(13(2)21(12)15-5-6-15)18(22)11-25-19(23)14(10-20)9-16-4-3-7-24-16/h3-4,7-9,15H,5-6,11H2,1-2H3/b14-9+. The zero-order chi connectivity index (χ0) is 18.0. The largest absolute Gasteiger partial charge is 0.465 e. The summed E-state index contributed by atoms with van der Waals surface area (Å²) >= 11 is 0. The van der Waals surface area contributed by atoms with Crippen LogP contribution in [0.3, 0.4) is 0 Å². The Morgan fingerprint density at radius 2 is 2.20 bits per heavy atom. The highest BCUT2D eigenvalue weighted by atomic mass is 16.5. The van der Waals surface area contributed by atoms with E-state index in [1.54, 1.807) is 18.2 Å². The second-order valence-electron chi connectivity index (χ2n) is 6.07. The van der Waals surface area contributed by atoms with E-state index in [9.17, 15) is 9.59 Å². The molecule has 0 radical (unpaired) electrons. The average molecular weight is 338 g/mol. The molecule has 0 saturated heterocycles. The van der Waals surface area contributed by atoms with E-state index in [0.717, 1.165) is 24.2 Å². The lowest BCUT2D eigenvalue weighted by Gasteiger charge is -2.07. The lowest BCUT2D eigenvalue weighted by molar-refractivity contribution is -0.137.